The van der Waals surface area contributed by atoms with E-state index < -0.39 is 11.6 Å². The SMILES string of the molecule is COc1ccc2c(COC(=O)c3c4ccccc4cc4ccccc34)cc(=O)oc2c1. The number of fused-ring (bicyclic) bond motifs is 3. The lowest BCUT2D eigenvalue weighted by atomic mass is 9.97. The van der Waals surface area contributed by atoms with E-state index in [1.54, 1.807) is 25.3 Å². The van der Waals surface area contributed by atoms with Crippen molar-refractivity contribution < 1.29 is 18.7 Å². The van der Waals surface area contributed by atoms with Crippen LogP contribution < -0.4 is 10.4 Å². The molecule has 0 aliphatic rings. The predicted molar refractivity (Wildman–Crippen MR) is 120 cm³/mol. The molecule has 0 bridgehead atoms. The number of carbonyl (C=O) groups is 1. The van der Waals surface area contributed by atoms with Crippen molar-refractivity contribution >= 4 is 38.5 Å². The maximum Gasteiger partial charge on any atom is 0.339 e. The van der Waals surface area contributed by atoms with E-state index in [1.807, 2.05) is 48.5 Å². The van der Waals surface area contributed by atoms with Crippen LogP contribution in [0.1, 0.15) is 15.9 Å². The normalized spacial score (nSPS) is 11.1. The molecule has 31 heavy (non-hydrogen) atoms. The smallest absolute Gasteiger partial charge is 0.339 e. The van der Waals surface area contributed by atoms with Crippen molar-refractivity contribution in [3.05, 3.63) is 100 Å². The van der Waals surface area contributed by atoms with Crippen molar-refractivity contribution in [2.75, 3.05) is 7.11 Å². The standard InChI is InChI=1S/C26H18O5/c1-29-19-10-11-20-18(13-24(27)31-23(20)14-19)15-30-26(28)25-21-8-4-2-6-16(21)12-17-7-3-5-9-22(17)25/h2-14H,15H2,1H3. The van der Waals surface area contributed by atoms with E-state index in [1.165, 1.54) is 6.07 Å². The summed E-state index contributed by atoms with van der Waals surface area (Å²) in [7, 11) is 1.54. The van der Waals surface area contributed by atoms with E-state index in [-0.39, 0.29) is 6.61 Å². The Hall–Kier alpha value is -4.12. The third kappa shape index (κ3) is 3.40. The molecule has 0 amide bonds. The second-order valence-electron chi connectivity index (χ2n) is 7.22. The first-order chi connectivity index (χ1) is 15.1. The van der Waals surface area contributed by atoms with E-state index in [4.69, 9.17) is 13.9 Å². The molecule has 5 rings (SSSR count). The summed E-state index contributed by atoms with van der Waals surface area (Å²) in [4.78, 5) is 25.2. The van der Waals surface area contributed by atoms with E-state index in [0.29, 0.717) is 27.8 Å². The molecule has 0 N–H and O–H groups in total. The van der Waals surface area contributed by atoms with Crippen LogP contribution in [0.5, 0.6) is 5.75 Å². The Kier molecular flexibility index (Phi) is 4.64. The predicted octanol–water partition coefficient (Wildman–Crippen LogP) is 5.47. The lowest BCUT2D eigenvalue weighted by Crippen LogP contribution is -2.09. The van der Waals surface area contributed by atoms with Crippen molar-refractivity contribution in [2.24, 2.45) is 0 Å². The van der Waals surface area contributed by atoms with Gasteiger partial charge in [0.15, 0.2) is 0 Å². The monoisotopic (exact) mass is 410 g/mol. The first-order valence-corrected chi connectivity index (χ1v) is 9.82. The minimum absolute atomic E-state index is 0.0508. The maximum absolute atomic E-state index is 13.2. The molecular weight excluding hydrogens is 392 g/mol. The van der Waals surface area contributed by atoms with E-state index in [0.717, 1.165) is 21.5 Å². The van der Waals surface area contributed by atoms with Gasteiger partial charge in [0.05, 0.1) is 12.7 Å². The fourth-order valence-corrected chi connectivity index (χ4v) is 3.91. The first kappa shape index (κ1) is 18.9. The number of ether oxygens (including phenoxy) is 2. The molecule has 152 valence electrons. The summed E-state index contributed by atoms with van der Waals surface area (Å²) in [6, 6.07) is 24.1. The number of hydrogen-bond acceptors (Lipinski definition) is 5. The molecule has 0 saturated heterocycles. The second kappa shape index (κ2) is 7.61. The van der Waals surface area contributed by atoms with E-state index in [2.05, 4.69) is 6.07 Å². The number of rotatable bonds is 4. The molecule has 0 fully saturated rings. The molecule has 1 heterocycles. The van der Waals surface area contributed by atoms with Crippen molar-refractivity contribution in [1.82, 2.24) is 0 Å². The van der Waals surface area contributed by atoms with Crippen LogP contribution in [0.25, 0.3) is 32.5 Å². The average Bonchev–Trinajstić information content (AvgIpc) is 2.80. The molecule has 0 aliphatic carbocycles. The number of carbonyl (C=O) groups excluding carboxylic acids is 1. The van der Waals surface area contributed by atoms with E-state index >= 15 is 0 Å². The largest absolute Gasteiger partial charge is 0.497 e. The summed E-state index contributed by atoms with van der Waals surface area (Å²) >= 11 is 0. The molecule has 5 nitrogen and oxygen atoms in total. The Morgan fingerprint density at radius 1 is 0.839 bits per heavy atom. The Bertz CT molecular complexity index is 1460. The zero-order chi connectivity index (χ0) is 21.4. The first-order valence-electron chi connectivity index (χ1n) is 9.82. The number of esters is 1. The minimum atomic E-state index is -0.512. The molecule has 0 spiro atoms. The van der Waals surface area contributed by atoms with Gasteiger partial charge >= 0.3 is 11.6 Å². The van der Waals surface area contributed by atoms with Gasteiger partial charge in [-0.2, -0.15) is 0 Å². The van der Waals surface area contributed by atoms with Crippen molar-refractivity contribution in [3.8, 4) is 5.75 Å². The lowest BCUT2D eigenvalue weighted by Gasteiger charge is -2.12. The van der Waals surface area contributed by atoms with Crippen LogP contribution in [-0.2, 0) is 11.3 Å². The Labute approximate surface area is 177 Å². The third-order valence-corrected chi connectivity index (χ3v) is 5.37. The van der Waals surface area contributed by atoms with Gasteiger partial charge in [0.25, 0.3) is 0 Å². The maximum atomic E-state index is 13.2. The van der Waals surface area contributed by atoms with Crippen LogP contribution in [0, 0.1) is 0 Å². The fourth-order valence-electron chi connectivity index (χ4n) is 3.91. The van der Waals surface area contributed by atoms with Crippen LogP contribution in [0.15, 0.2) is 88.1 Å². The quantitative estimate of drug-likeness (QED) is 0.223. The molecule has 0 saturated carbocycles. The van der Waals surface area contributed by atoms with Gasteiger partial charge in [-0.05, 0) is 39.7 Å². The molecule has 4 aromatic carbocycles. The molecule has 0 unspecified atom stereocenters. The average molecular weight is 410 g/mol. The Morgan fingerprint density at radius 3 is 2.19 bits per heavy atom. The molecule has 5 aromatic rings. The third-order valence-electron chi connectivity index (χ3n) is 5.37. The number of hydrogen-bond donors (Lipinski definition) is 0. The second-order valence-corrected chi connectivity index (χ2v) is 7.22. The van der Waals surface area contributed by atoms with Gasteiger partial charge in [-0.3, -0.25) is 0 Å². The molecule has 0 radical (unpaired) electrons. The number of benzene rings is 4. The van der Waals surface area contributed by atoms with Crippen molar-refractivity contribution in [3.63, 3.8) is 0 Å². The molecular formula is C26H18O5. The highest BCUT2D eigenvalue weighted by Gasteiger charge is 2.17. The van der Waals surface area contributed by atoms with Gasteiger partial charge in [-0.1, -0.05) is 48.5 Å². The number of methoxy groups -OCH3 is 1. The van der Waals surface area contributed by atoms with E-state index in [9.17, 15) is 9.59 Å². The summed E-state index contributed by atoms with van der Waals surface area (Å²) in [5.41, 5.74) is 0.963. The lowest BCUT2D eigenvalue weighted by molar-refractivity contribution is 0.0478. The van der Waals surface area contributed by atoms with Gasteiger partial charge in [-0.15, -0.1) is 0 Å². The highest BCUT2D eigenvalue weighted by Crippen LogP contribution is 2.30. The van der Waals surface area contributed by atoms with Gasteiger partial charge in [0, 0.05) is 23.1 Å². The van der Waals surface area contributed by atoms with Gasteiger partial charge in [-0.25, -0.2) is 9.59 Å². The molecule has 1 aromatic heterocycles. The minimum Gasteiger partial charge on any atom is -0.497 e. The summed E-state index contributed by atoms with van der Waals surface area (Å²) in [5.74, 6) is 0.134. The molecule has 5 heteroatoms. The molecule has 0 aliphatic heterocycles. The Balaban J connectivity index is 1.56. The van der Waals surface area contributed by atoms with Crippen LogP contribution in [0.2, 0.25) is 0 Å². The Morgan fingerprint density at radius 2 is 1.52 bits per heavy atom. The van der Waals surface area contributed by atoms with Crippen molar-refractivity contribution in [2.45, 2.75) is 6.61 Å². The summed E-state index contributed by atoms with van der Waals surface area (Å²) in [6.07, 6.45) is 0. The van der Waals surface area contributed by atoms with Crippen molar-refractivity contribution in [1.29, 1.82) is 0 Å². The van der Waals surface area contributed by atoms with Crippen LogP contribution in [-0.4, -0.2) is 13.1 Å². The van der Waals surface area contributed by atoms with Gasteiger partial charge < -0.3 is 13.9 Å². The zero-order valence-corrected chi connectivity index (χ0v) is 16.8. The summed E-state index contributed by atoms with van der Waals surface area (Å²) in [6.45, 7) is -0.0508. The summed E-state index contributed by atoms with van der Waals surface area (Å²) < 4.78 is 16.2. The fraction of sp³-hybridized carbons (Fsp3) is 0.0769. The van der Waals surface area contributed by atoms with Crippen LogP contribution >= 0.6 is 0 Å². The van der Waals surface area contributed by atoms with Gasteiger partial charge in [0.2, 0.25) is 0 Å². The molecule has 0 atom stereocenters. The summed E-state index contributed by atoms with van der Waals surface area (Å²) in [5, 5.41) is 4.27. The van der Waals surface area contributed by atoms with Crippen LogP contribution in [0.4, 0.5) is 0 Å². The zero-order valence-electron chi connectivity index (χ0n) is 16.8. The van der Waals surface area contributed by atoms with Gasteiger partial charge in [0.1, 0.15) is 17.9 Å². The highest BCUT2D eigenvalue weighted by atomic mass is 16.5. The van der Waals surface area contributed by atoms with Crippen LogP contribution in [0.3, 0.4) is 0 Å². The highest BCUT2D eigenvalue weighted by molar-refractivity contribution is 6.16. The topological polar surface area (TPSA) is 65.7 Å².